The molecule has 1 unspecified atom stereocenters. The van der Waals surface area contributed by atoms with E-state index >= 15 is 0 Å². The first-order valence-corrected chi connectivity index (χ1v) is 6.91. The zero-order valence-electron chi connectivity index (χ0n) is 11.8. The number of benzene rings is 1. The fourth-order valence-corrected chi connectivity index (χ4v) is 2.07. The average Bonchev–Trinajstić information content (AvgIpc) is 2.79. The van der Waals surface area contributed by atoms with Gasteiger partial charge in [0.2, 0.25) is 0 Å². The number of non-ortho nitro benzene ring substituents is 1. The molecule has 1 N–H and O–H groups in total. The Kier molecular flexibility index (Phi) is 4.55. The fraction of sp³-hybridized carbons (Fsp3) is 0.500. The van der Waals surface area contributed by atoms with Crippen molar-refractivity contribution < 1.29 is 9.34 Å². The van der Waals surface area contributed by atoms with Crippen LogP contribution in [0.15, 0.2) is 22.6 Å². The van der Waals surface area contributed by atoms with Crippen LogP contribution in [0.25, 0.3) is 11.1 Å². The lowest BCUT2D eigenvalue weighted by atomic mass is 10.1. The van der Waals surface area contributed by atoms with Crippen molar-refractivity contribution in [3.05, 3.63) is 28.3 Å². The lowest BCUT2D eigenvalue weighted by Gasteiger charge is -2.10. The number of nitrogens with one attached hydrogen (secondary N) is 1. The number of rotatable bonds is 7. The molecule has 0 spiro atoms. The first-order valence-electron chi connectivity index (χ1n) is 6.91. The van der Waals surface area contributed by atoms with Crippen LogP contribution in [0.4, 0.5) is 11.7 Å². The van der Waals surface area contributed by atoms with Crippen molar-refractivity contribution in [1.29, 1.82) is 0 Å². The van der Waals surface area contributed by atoms with Crippen LogP contribution in [0.1, 0.15) is 39.5 Å². The van der Waals surface area contributed by atoms with Gasteiger partial charge in [-0.3, -0.25) is 10.1 Å². The molecule has 6 heteroatoms. The van der Waals surface area contributed by atoms with Crippen molar-refractivity contribution >= 4 is 22.8 Å². The minimum Gasteiger partial charge on any atom is -0.423 e. The monoisotopic (exact) mass is 277 g/mol. The molecule has 0 aliphatic carbocycles. The van der Waals surface area contributed by atoms with Gasteiger partial charge in [-0.1, -0.05) is 26.2 Å². The van der Waals surface area contributed by atoms with E-state index in [4.69, 9.17) is 4.42 Å². The van der Waals surface area contributed by atoms with Crippen LogP contribution >= 0.6 is 0 Å². The SMILES string of the molecule is CCCCCC(C)Nc1nc2ccc([N+](=O)[O-])cc2o1. The number of nitro benzene ring substituents is 1. The second kappa shape index (κ2) is 6.36. The van der Waals surface area contributed by atoms with Gasteiger partial charge in [-0.2, -0.15) is 4.98 Å². The lowest BCUT2D eigenvalue weighted by Crippen LogP contribution is -2.14. The van der Waals surface area contributed by atoms with Crippen LogP contribution in [-0.2, 0) is 0 Å². The Morgan fingerprint density at radius 3 is 2.95 bits per heavy atom. The smallest absolute Gasteiger partial charge is 0.295 e. The van der Waals surface area contributed by atoms with Crippen LogP contribution in [0.5, 0.6) is 0 Å². The zero-order chi connectivity index (χ0) is 14.5. The van der Waals surface area contributed by atoms with Crippen LogP contribution in [0.3, 0.4) is 0 Å². The van der Waals surface area contributed by atoms with E-state index in [2.05, 4.69) is 24.1 Å². The summed E-state index contributed by atoms with van der Waals surface area (Å²) in [7, 11) is 0. The summed E-state index contributed by atoms with van der Waals surface area (Å²) in [6.45, 7) is 4.25. The molecule has 0 radical (unpaired) electrons. The molecule has 2 rings (SSSR count). The van der Waals surface area contributed by atoms with Crippen molar-refractivity contribution in [2.45, 2.75) is 45.6 Å². The highest BCUT2D eigenvalue weighted by molar-refractivity contribution is 5.77. The molecule has 20 heavy (non-hydrogen) atoms. The van der Waals surface area contributed by atoms with Crippen LogP contribution in [0.2, 0.25) is 0 Å². The number of fused-ring (bicyclic) bond motifs is 1. The molecular formula is C14H19N3O3. The molecule has 0 bridgehead atoms. The van der Waals surface area contributed by atoms with Crippen molar-refractivity contribution in [3.8, 4) is 0 Å². The van der Waals surface area contributed by atoms with E-state index in [1.807, 2.05) is 0 Å². The number of nitro groups is 1. The van der Waals surface area contributed by atoms with E-state index in [-0.39, 0.29) is 11.7 Å². The summed E-state index contributed by atoms with van der Waals surface area (Å²) in [5.41, 5.74) is 1.07. The zero-order valence-corrected chi connectivity index (χ0v) is 11.8. The number of hydrogen-bond acceptors (Lipinski definition) is 5. The van der Waals surface area contributed by atoms with Gasteiger partial charge in [-0.25, -0.2) is 0 Å². The summed E-state index contributed by atoms with van der Waals surface area (Å²) >= 11 is 0. The molecule has 0 saturated carbocycles. The molecule has 0 saturated heterocycles. The number of aromatic nitrogens is 1. The van der Waals surface area contributed by atoms with Crippen molar-refractivity contribution in [2.24, 2.45) is 0 Å². The van der Waals surface area contributed by atoms with Crippen LogP contribution in [0, 0.1) is 10.1 Å². The molecule has 0 aliphatic rings. The Bertz CT molecular complexity index is 594. The van der Waals surface area contributed by atoms with Gasteiger partial charge in [0.25, 0.3) is 11.7 Å². The second-order valence-corrected chi connectivity index (χ2v) is 4.97. The van der Waals surface area contributed by atoms with Crippen molar-refractivity contribution in [1.82, 2.24) is 4.98 Å². The van der Waals surface area contributed by atoms with Gasteiger partial charge in [0, 0.05) is 12.1 Å². The molecule has 0 aliphatic heterocycles. The lowest BCUT2D eigenvalue weighted by molar-refractivity contribution is -0.384. The van der Waals surface area contributed by atoms with E-state index in [1.54, 1.807) is 6.07 Å². The summed E-state index contributed by atoms with van der Waals surface area (Å²) in [5.74, 6) is 0. The minimum atomic E-state index is -0.442. The molecule has 108 valence electrons. The topological polar surface area (TPSA) is 81.2 Å². The molecule has 0 amide bonds. The van der Waals surface area contributed by atoms with Gasteiger partial charge in [0.05, 0.1) is 11.0 Å². The second-order valence-electron chi connectivity index (χ2n) is 4.97. The molecule has 0 fully saturated rings. The summed E-state index contributed by atoms with van der Waals surface area (Å²) in [6, 6.07) is 5.12. The number of unbranched alkanes of at least 4 members (excludes halogenated alkanes) is 2. The predicted octanol–water partition coefficient (Wildman–Crippen LogP) is 4.12. The highest BCUT2D eigenvalue weighted by atomic mass is 16.6. The Labute approximate surface area is 117 Å². The number of hydrogen-bond donors (Lipinski definition) is 1. The highest BCUT2D eigenvalue weighted by Crippen LogP contribution is 2.24. The quantitative estimate of drug-likeness (QED) is 0.467. The van der Waals surface area contributed by atoms with E-state index in [0.29, 0.717) is 17.1 Å². The maximum absolute atomic E-state index is 10.7. The Balaban J connectivity index is 2.05. The summed E-state index contributed by atoms with van der Waals surface area (Å²) in [4.78, 5) is 14.5. The van der Waals surface area contributed by atoms with E-state index in [1.165, 1.54) is 25.0 Å². The Morgan fingerprint density at radius 2 is 2.25 bits per heavy atom. The van der Waals surface area contributed by atoms with Gasteiger partial charge >= 0.3 is 0 Å². The largest absolute Gasteiger partial charge is 0.423 e. The third-order valence-corrected chi connectivity index (χ3v) is 3.19. The molecule has 1 aromatic heterocycles. The number of anilines is 1. The first kappa shape index (κ1) is 14.3. The number of oxazole rings is 1. The molecule has 1 aromatic carbocycles. The number of nitrogens with zero attached hydrogens (tertiary/aromatic N) is 2. The normalized spacial score (nSPS) is 12.5. The van der Waals surface area contributed by atoms with Crippen LogP contribution in [-0.4, -0.2) is 15.9 Å². The van der Waals surface area contributed by atoms with E-state index in [9.17, 15) is 10.1 Å². The van der Waals surface area contributed by atoms with Gasteiger partial charge in [0.1, 0.15) is 5.52 Å². The van der Waals surface area contributed by atoms with Gasteiger partial charge in [-0.05, 0) is 19.4 Å². The Hall–Kier alpha value is -2.11. The summed E-state index contributed by atoms with van der Waals surface area (Å²) < 4.78 is 5.51. The van der Waals surface area contributed by atoms with Gasteiger partial charge in [0.15, 0.2) is 5.58 Å². The summed E-state index contributed by atoms with van der Waals surface area (Å²) in [6.07, 6.45) is 4.62. The molecule has 1 heterocycles. The Morgan fingerprint density at radius 1 is 1.45 bits per heavy atom. The van der Waals surface area contributed by atoms with E-state index in [0.717, 1.165) is 12.8 Å². The van der Waals surface area contributed by atoms with E-state index < -0.39 is 4.92 Å². The van der Waals surface area contributed by atoms with Gasteiger partial charge in [-0.15, -0.1) is 0 Å². The van der Waals surface area contributed by atoms with Crippen LogP contribution < -0.4 is 5.32 Å². The standard InChI is InChI=1S/C14H19N3O3/c1-3-4-5-6-10(2)15-14-16-12-8-7-11(17(18)19)9-13(12)20-14/h7-10H,3-6H2,1-2H3,(H,15,16). The average molecular weight is 277 g/mol. The maximum Gasteiger partial charge on any atom is 0.295 e. The third kappa shape index (κ3) is 3.46. The molecule has 6 nitrogen and oxygen atoms in total. The third-order valence-electron chi connectivity index (χ3n) is 3.19. The predicted molar refractivity (Wildman–Crippen MR) is 77.9 cm³/mol. The maximum atomic E-state index is 10.7. The fourth-order valence-electron chi connectivity index (χ4n) is 2.07. The van der Waals surface area contributed by atoms with Crippen molar-refractivity contribution in [2.75, 3.05) is 5.32 Å². The molecule has 2 aromatic rings. The summed E-state index contributed by atoms with van der Waals surface area (Å²) in [5, 5.41) is 13.9. The first-order chi connectivity index (χ1) is 9.60. The molecular weight excluding hydrogens is 258 g/mol. The molecule has 1 atom stereocenters. The minimum absolute atomic E-state index is 0.0104. The van der Waals surface area contributed by atoms with Crippen molar-refractivity contribution in [3.63, 3.8) is 0 Å². The van der Waals surface area contributed by atoms with Gasteiger partial charge < -0.3 is 9.73 Å². The highest BCUT2D eigenvalue weighted by Gasteiger charge is 2.12.